The van der Waals surface area contributed by atoms with Crippen molar-refractivity contribution in [1.82, 2.24) is 14.8 Å². The molecular formula is C25H24F2N4O6S2. The Morgan fingerprint density at radius 2 is 1.82 bits per heavy atom. The maximum atomic E-state index is 15.0. The maximum Gasteiger partial charge on any atom is 0.317 e. The maximum absolute atomic E-state index is 15.0. The van der Waals surface area contributed by atoms with Gasteiger partial charge < -0.3 is 0 Å². The van der Waals surface area contributed by atoms with Crippen LogP contribution < -0.4 is 5.48 Å². The first-order valence-corrected chi connectivity index (χ1v) is 14.5. The van der Waals surface area contributed by atoms with Crippen molar-refractivity contribution in [2.75, 3.05) is 12.8 Å². The normalized spacial score (nSPS) is 18.9. The van der Waals surface area contributed by atoms with Gasteiger partial charge in [-0.1, -0.05) is 23.8 Å². The van der Waals surface area contributed by atoms with Crippen molar-refractivity contribution in [3.05, 3.63) is 94.8 Å². The summed E-state index contributed by atoms with van der Waals surface area (Å²) >= 11 is 0. The van der Waals surface area contributed by atoms with E-state index in [1.54, 1.807) is 19.1 Å². The highest BCUT2D eigenvalue weighted by molar-refractivity contribution is 7.89. The third-order valence-corrected chi connectivity index (χ3v) is 9.16. The quantitative estimate of drug-likeness (QED) is 0.334. The van der Waals surface area contributed by atoms with E-state index in [0.717, 1.165) is 30.9 Å². The number of carbonyl (C=O) groups is 1. The lowest BCUT2D eigenvalue weighted by Crippen LogP contribution is -2.52. The molecule has 0 unspecified atom stereocenters. The molecular weight excluding hydrogens is 554 g/mol. The SMILES string of the molecule is Cc1ccc(S(=O)(=O)ONC2=N[C@](C)(c3cc(CC(=O)c4ccc(F)cn4)ccc3F)CS(=O)(=O)N2C)cc1. The van der Waals surface area contributed by atoms with Crippen LogP contribution in [0.4, 0.5) is 8.78 Å². The number of rotatable bonds is 7. The number of guanidine groups is 1. The van der Waals surface area contributed by atoms with Crippen molar-refractivity contribution in [2.45, 2.75) is 30.7 Å². The summed E-state index contributed by atoms with van der Waals surface area (Å²) in [6, 6.07) is 11.8. The first-order valence-electron chi connectivity index (χ1n) is 11.5. The van der Waals surface area contributed by atoms with Gasteiger partial charge in [0.15, 0.2) is 5.78 Å². The highest BCUT2D eigenvalue weighted by Crippen LogP contribution is 2.34. The zero-order valence-electron chi connectivity index (χ0n) is 21.1. The van der Waals surface area contributed by atoms with Crippen molar-refractivity contribution < 1.29 is 34.7 Å². The summed E-state index contributed by atoms with van der Waals surface area (Å²) in [7, 11) is -7.33. The van der Waals surface area contributed by atoms with E-state index in [1.165, 1.54) is 37.3 Å². The standard InChI is InChI=1S/C25H24F2N4O6S2/c1-16-4-8-19(9-5-16)39(35,36)37-30-24-29-25(2,15-38(33,34)31(24)3)20-12-17(6-10-21(20)27)13-23(32)22-11-7-18(26)14-28-22/h4-12,14H,13,15H2,1-3H3,(H,29,30)/t25-/m0/s1. The van der Waals surface area contributed by atoms with Crippen molar-refractivity contribution in [2.24, 2.45) is 4.99 Å². The molecule has 1 aliphatic rings. The summed E-state index contributed by atoms with van der Waals surface area (Å²) in [6.07, 6.45) is 0.680. The molecule has 206 valence electrons. The van der Waals surface area contributed by atoms with Crippen LogP contribution in [0.15, 0.2) is 70.7 Å². The second-order valence-electron chi connectivity index (χ2n) is 9.16. The molecule has 1 N–H and O–H groups in total. The van der Waals surface area contributed by atoms with Crippen molar-refractivity contribution in [1.29, 1.82) is 0 Å². The van der Waals surface area contributed by atoms with E-state index in [0.29, 0.717) is 9.87 Å². The number of nitrogens with one attached hydrogen (secondary N) is 1. The lowest BCUT2D eigenvalue weighted by molar-refractivity contribution is 0.0988. The number of aliphatic imine (C=N–C) groups is 1. The molecule has 2 heterocycles. The summed E-state index contributed by atoms with van der Waals surface area (Å²) < 4.78 is 84.9. The Morgan fingerprint density at radius 3 is 2.46 bits per heavy atom. The Bertz CT molecular complexity index is 1660. The first kappa shape index (κ1) is 28.3. The number of hydroxylamine groups is 1. The van der Waals surface area contributed by atoms with Gasteiger partial charge in [0.05, 0.1) is 16.8 Å². The topological polar surface area (TPSA) is 135 Å². The largest absolute Gasteiger partial charge is 0.317 e. The van der Waals surface area contributed by atoms with Gasteiger partial charge in [-0.25, -0.2) is 32.0 Å². The molecule has 0 saturated heterocycles. The predicted octanol–water partition coefficient (Wildman–Crippen LogP) is 2.85. The fourth-order valence-electron chi connectivity index (χ4n) is 3.90. The molecule has 0 saturated carbocycles. The third-order valence-electron chi connectivity index (χ3n) is 6.07. The molecule has 1 aromatic heterocycles. The molecule has 0 radical (unpaired) electrons. The van der Waals surface area contributed by atoms with Crippen LogP contribution in [-0.2, 0) is 36.4 Å². The molecule has 0 aliphatic carbocycles. The molecule has 2 aromatic carbocycles. The number of aryl methyl sites for hydroxylation is 1. The number of aromatic nitrogens is 1. The predicted molar refractivity (Wildman–Crippen MR) is 138 cm³/mol. The molecule has 14 heteroatoms. The van der Waals surface area contributed by atoms with Gasteiger partial charge in [-0.05, 0) is 55.8 Å². The van der Waals surface area contributed by atoms with Gasteiger partial charge in [0.25, 0.3) is 0 Å². The Labute approximate surface area is 224 Å². The van der Waals surface area contributed by atoms with Crippen LogP contribution in [0, 0.1) is 18.6 Å². The van der Waals surface area contributed by atoms with Gasteiger partial charge in [-0.15, -0.1) is 4.28 Å². The molecule has 0 amide bonds. The van der Waals surface area contributed by atoms with Gasteiger partial charge in [0, 0.05) is 19.0 Å². The molecule has 1 atom stereocenters. The second kappa shape index (κ2) is 10.4. The van der Waals surface area contributed by atoms with E-state index in [1.807, 2.05) is 0 Å². The van der Waals surface area contributed by atoms with Crippen LogP contribution in [0.25, 0.3) is 0 Å². The van der Waals surface area contributed by atoms with Crippen LogP contribution in [-0.4, -0.2) is 50.7 Å². The number of hydrogen-bond acceptors (Lipinski definition) is 9. The second-order valence-corrected chi connectivity index (χ2v) is 12.7. The van der Waals surface area contributed by atoms with Crippen LogP contribution in [0.2, 0.25) is 0 Å². The molecule has 1 aliphatic heterocycles. The van der Waals surface area contributed by atoms with Gasteiger partial charge in [-0.3, -0.25) is 9.78 Å². The highest BCUT2D eigenvalue weighted by Gasteiger charge is 2.43. The number of ketones is 1. The Kier molecular flexibility index (Phi) is 7.56. The lowest BCUT2D eigenvalue weighted by atomic mass is 9.91. The minimum Gasteiger partial charge on any atom is -0.292 e. The Balaban J connectivity index is 1.65. The molecule has 0 fully saturated rings. The van der Waals surface area contributed by atoms with Gasteiger partial charge in [0.1, 0.15) is 22.9 Å². The number of sulfonamides is 1. The monoisotopic (exact) mass is 578 g/mol. The number of pyridine rings is 1. The van der Waals surface area contributed by atoms with E-state index >= 15 is 4.39 Å². The molecule has 39 heavy (non-hydrogen) atoms. The summed E-state index contributed by atoms with van der Waals surface area (Å²) in [6.45, 7) is 3.13. The van der Waals surface area contributed by atoms with Gasteiger partial charge >= 0.3 is 10.1 Å². The number of Topliss-reactive ketones (excluding diaryl/α,β-unsaturated/α-hetero) is 1. The van der Waals surface area contributed by atoms with E-state index in [9.17, 15) is 26.0 Å². The van der Waals surface area contributed by atoms with Crippen LogP contribution >= 0.6 is 0 Å². The lowest BCUT2D eigenvalue weighted by Gasteiger charge is -2.35. The minimum absolute atomic E-state index is 0.00629. The number of nitrogens with zero attached hydrogens (tertiary/aromatic N) is 3. The number of hydrogen-bond donors (Lipinski definition) is 1. The van der Waals surface area contributed by atoms with Crippen LogP contribution in [0.1, 0.15) is 34.1 Å². The van der Waals surface area contributed by atoms with E-state index in [-0.39, 0.29) is 22.6 Å². The minimum atomic E-state index is -4.35. The Hall–Kier alpha value is -3.75. The molecule has 4 rings (SSSR count). The third kappa shape index (κ3) is 6.13. The summed E-state index contributed by atoms with van der Waals surface area (Å²) in [5.41, 5.74) is 1.39. The summed E-state index contributed by atoms with van der Waals surface area (Å²) in [5, 5.41) is 0. The van der Waals surface area contributed by atoms with Crippen molar-refractivity contribution >= 4 is 31.9 Å². The molecule has 0 bridgehead atoms. The van der Waals surface area contributed by atoms with Crippen LogP contribution in [0.5, 0.6) is 0 Å². The van der Waals surface area contributed by atoms with E-state index in [4.69, 9.17) is 4.28 Å². The molecule has 10 nitrogen and oxygen atoms in total. The highest BCUT2D eigenvalue weighted by atomic mass is 32.2. The smallest absolute Gasteiger partial charge is 0.292 e. The van der Waals surface area contributed by atoms with Gasteiger partial charge in [0.2, 0.25) is 16.0 Å². The molecule has 3 aromatic rings. The zero-order valence-corrected chi connectivity index (χ0v) is 22.7. The molecule has 0 spiro atoms. The first-order chi connectivity index (χ1) is 18.2. The fraction of sp³-hybridized carbons (Fsp3) is 0.240. The average Bonchev–Trinajstić information content (AvgIpc) is 2.87. The van der Waals surface area contributed by atoms with Gasteiger partial charge in [-0.2, -0.15) is 8.42 Å². The average molecular weight is 579 g/mol. The van der Waals surface area contributed by atoms with Crippen molar-refractivity contribution in [3.63, 3.8) is 0 Å². The number of benzene rings is 2. The summed E-state index contributed by atoms with van der Waals surface area (Å²) in [5.74, 6) is -3.00. The van der Waals surface area contributed by atoms with Crippen molar-refractivity contribution in [3.8, 4) is 0 Å². The Morgan fingerprint density at radius 1 is 1.13 bits per heavy atom. The van der Waals surface area contributed by atoms with Crippen LogP contribution in [0.3, 0.4) is 0 Å². The number of carbonyl (C=O) groups excluding carboxylic acids is 1. The summed E-state index contributed by atoms with van der Waals surface area (Å²) in [4.78, 5) is 20.5. The van der Waals surface area contributed by atoms with E-state index < -0.39 is 54.8 Å². The van der Waals surface area contributed by atoms with E-state index in [2.05, 4.69) is 15.5 Å². The number of halogens is 2. The fourth-order valence-corrected chi connectivity index (χ4v) is 6.12. The zero-order chi connectivity index (χ0) is 28.6.